The fourth-order valence-corrected chi connectivity index (χ4v) is 6.13. The summed E-state index contributed by atoms with van der Waals surface area (Å²) in [6.07, 6.45) is 6.43. The number of carbonyl (C=O) groups is 2. The minimum Gasteiger partial charge on any atom is -0.497 e. The third-order valence-electron chi connectivity index (χ3n) is 6.68. The molecule has 8 nitrogen and oxygen atoms in total. The van der Waals surface area contributed by atoms with Crippen LogP contribution in [-0.4, -0.2) is 57.1 Å². The van der Waals surface area contributed by atoms with Gasteiger partial charge in [-0.2, -0.15) is 0 Å². The van der Waals surface area contributed by atoms with Crippen LogP contribution in [0.3, 0.4) is 0 Å². The zero-order valence-corrected chi connectivity index (χ0v) is 24.3. The molecular weight excluding hydrogens is 549 g/mol. The zero-order chi connectivity index (χ0) is 27.9. The molecule has 0 unspecified atom stereocenters. The monoisotopic (exact) mass is 583 g/mol. The number of methoxy groups -OCH3 is 1. The standard InChI is InChI=1S/C27H35Cl2N3O5S/c1-4-24(27(34)30-21-10-6-5-7-11-21)31(17-19-9-8-12-22(15-19)37-2)26(33)18-32(38(3,35)36)25-14-13-20(28)16-23(25)29/h8-9,12-16,21,24H,4-7,10-11,17-18H2,1-3H3,(H,30,34)/t24-/m1/s1. The summed E-state index contributed by atoms with van der Waals surface area (Å²) in [5.41, 5.74) is 0.880. The quantitative estimate of drug-likeness (QED) is 0.400. The molecule has 11 heteroatoms. The van der Waals surface area contributed by atoms with Gasteiger partial charge in [0.25, 0.3) is 0 Å². The van der Waals surface area contributed by atoms with E-state index in [9.17, 15) is 18.0 Å². The second kappa shape index (κ2) is 13.5. The molecule has 0 radical (unpaired) electrons. The van der Waals surface area contributed by atoms with Crippen LogP contribution in [0, 0.1) is 0 Å². The second-order valence-corrected chi connectivity index (χ2v) is 12.3. The summed E-state index contributed by atoms with van der Waals surface area (Å²) in [6.45, 7) is 1.40. The highest BCUT2D eigenvalue weighted by molar-refractivity contribution is 7.92. The number of nitrogens with one attached hydrogen (secondary N) is 1. The van der Waals surface area contributed by atoms with E-state index < -0.39 is 28.5 Å². The van der Waals surface area contributed by atoms with Crippen LogP contribution in [0.25, 0.3) is 0 Å². The number of ether oxygens (including phenoxy) is 1. The Kier molecular flexibility index (Phi) is 10.7. The molecule has 1 aliphatic rings. The van der Waals surface area contributed by atoms with Crippen molar-refractivity contribution in [1.29, 1.82) is 0 Å². The van der Waals surface area contributed by atoms with Gasteiger partial charge in [-0.15, -0.1) is 0 Å². The van der Waals surface area contributed by atoms with Crippen molar-refractivity contribution in [3.05, 3.63) is 58.1 Å². The zero-order valence-electron chi connectivity index (χ0n) is 22.0. The number of anilines is 1. The number of nitrogens with zero attached hydrogens (tertiary/aromatic N) is 2. The van der Waals surface area contributed by atoms with Crippen molar-refractivity contribution in [1.82, 2.24) is 10.2 Å². The number of benzene rings is 2. The molecule has 1 atom stereocenters. The summed E-state index contributed by atoms with van der Waals surface area (Å²) in [7, 11) is -2.35. The van der Waals surface area contributed by atoms with Crippen molar-refractivity contribution >= 4 is 50.7 Å². The maximum absolute atomic E-state index is 13.8. The Balaban J connectivity index is 1.95. The lowest BCUT2D eigenvalue weighted by Gasteiger charge is -2.34. The summed E-state index contributed by atoms with van der Waals surface area (Å²) in [4.78, 5) is 28.7. The lowest BCUT2D eigenvalue weighted by molar-refractivity contribution is -0.140. The van der Waals surface area contributed by atoms with E-state index in [1.54, 1.807) is 25.3 Å². The minimum atomic E-state index is -3.90. The largest absolute Gasteiger partial charge is 0.497 e. The van der Waals surface area contributed by atoms with E-state index in [1.165, 1.54) is 23.1 Å². The first kappa shape index (κ1) is 30.1. The molecule has 208 valence electrons. The summed E-state index contributed by atoms with van der Waals surface area (Å²) >= 11 is 12.3. The molecular formula is C27H35Cl2N3O5S. The normalized spacial score (nSPS) is 15.0. The SMILES string of the molecule is CC[C@H](C(=O)NC1CCCCC1)N(Cc1cccc(OC)c1)C(=O)CN(c1ccc(Cl)cc1Cl)S(C)(=O)=O. The molecule has 0 bridgehead atoms. The van der Waals surface area contributed by atoms with Gasteiger partial charge in [0.05, 0.1) is 24.1 Å². The molecule has 0 aliphatic heterocycles. The van der Waals surface area contributed by atoms with E-state index in [4.69, 9.17) is 27.9 Å². The maximum atomic E-state index is 13.8. The summed E-state index contributed by atoms with van der Waals surface area (Å²) < 4.78 is 31.8. The minimum absolute atomic E-state index is 0.0689. The topological polar surface area (TPSA) is 96.0 Å². The van der Waals surface area contributed by atoms with Gasteiger partial charge in [-0.25, -0.2) is 8.42 Å². The lowest BCUT2D eigenvalue weighted by atomic mass is 9.95. The molecule has 2 amide bonds. The molecule has 0 saturated heterocycles. The summed E-state index contributed by atoms with van der Waals surface area (Å²) in [5.74, 6) is -0.165. The predicted octanol–water partition coefficient (Wildman–Crippen LogP) is 5.02. The van der Waals surface area contributed by atoms with Gasteiger partial charge in [-0.1, -0.05) is 61.5 Å². The van der Waals surface area contributed by atoms with Crippen molar-refractivity contribution in [2.45, 2.75) is 64.1 Å². The number of sulfonamides is 1. The Morgan fingerprint density at radius 3 is 2.42 bits per heavy atom. The van der Waals surface area contributed by atoms with Gasteiger partial charge in [0.1, 0.15) is 18.3 Å². The Morgan fingerprint density at radius 1 is 1.11 bits per heavy atom. The van der Waals surface area contributed by atoms with Crippen molar-refractivity contribution in [2.75, 3.05) is 24.2 Å². The Bertz CT molecular complexity index is 1230. The van der Waals surface area contributed by atoms with Crippen LogP contribution in [0.2, 0.25) is 10.0 Å². The summed E-state index contributed by atoms with van der Waals surface area (Å²) in [5, 5.41) is 3.55. The first-order chi connectivity index (χ1) is 18.0. The number of amides is 2. The number of rotatable bonds is 11. The number of carbonyl (C=O) groups excluding carboxylic acids is 2. The molecule has 2 aromatic rings. The van der Waals surface area contributed by atoms with Crippen molar-refractivity contribution < 1.29 is 22.7 Å². The average Bonchev–Trinajstić information content (AvgIpc) is 2.87. The van der Waals surface area contributed by atoms with Gasteiger partial charge in [-0.05, 0) is 55.2 Å². The van der Waals surface area contributed by atoms with Crippen LogP contribution in [0.15, 0.2) is 42.5 Å². The van der Waals surface area contributed by atoms with Crippen molar-refractivity contribution in [3.63, 3.8) is 0 Å². The van der Waals surface area contributed by atoms with Gasteiger partial charge < -0.3 is 15.0 Å². The highest BCUT2D eigenvalue weighted by atomic mass is 35.5. The van der Waals surface area contributed by atoms with Gasteiger partial charge >= 0.3 is 0 Å². The number of hydrogen-bond acceptors (Lipinski definition) is 5. The first-order valence-electron chi connectivity index (χ1n) is 12.7. The van der Waals surface area contributed by atoms with Gasteiger partial charge in [0.15, 0.2) is 0 Å². The third kappa shape index (κ3) is 8.01. The van der Waals surface area contributed by atoms with Crippen molar-refractivity contribution in [2.24, 2.45) is 0 Å². The molecule has 1 saturated carbocycles. The maximum Gasteiger partial charge on any atom is 0.244 e. The van der Waals surface area contributed by atoms with Crippen LogP contribution in [0.1, 0.15) is 51.0 Å². The van der Waals surface area contributed by atoms with Crippen molar-refractivity contribution in [3.8, 4) is 5.75 Å². The van der Waals surface area contributed by atoms with E-state index in [0.717, 1.165) is 48.2 Å². The molecule has 0 heterocycles. The highest BCUT2D eigenvalue weighted by Gasteiger charge is 2.33. The Hall–Kier alpha value is -2.49. The van der Waals surface area contributed by atoms with Gasteiger partial charge in [0.2, 0.25) is 21.8 Å². The van der Waals surface area contributed by atoms with Crippen LogP contribution < -0.4 is 14.4 Å². The summed E-state index contributed by atoms with van der Waals surface area (Å²) in [6, 6.07) is 10.9. The molecule has 1 fully saturated rings. The highest BCUT2D eigenvalue weighted by Crippen LogP contribution is 2.31. The van der Waals surface area contributed by atoms with Crippen LogP contribution >= 0.6 is 23.2 Å². The van der Waals surface area contributed by atoms with E-state index in [0.29, 0.717) is 17.2 Å². The predicted molar refractivity (Wildman–Crippen MR) is 151 cm³/mol. The third-order valence-corrected chi connectivity index (χ3v) is 8.35. The van der Waals surface area contributed by atoms with E-state index in [2.05, 4.69) is 5.32 Å². The molecule has 0 aromatic heterocycles. The Labute approximate surface area is 235 Å². The second-order valence-electron chi connectivity index (χ2n) is 9.51. The van der Waals surface area contributed by atoms with Crippen LogP contribution in [-0.2, 0) is 26.2 Å². The van der Waals surface area contributed by atoms with Crippen LogP contribution in [0.4, 0.5) is 5.69 Å². The molecule has 1 N–H and O–H groups in total. The molecule has 38 heavy (non-hydrogen) atoms. The van der Waals surface area contributed by atoms with E-state index >= 15 is 0 Å². The lowest BCUT2D eigenvalue weighted by Crippen LogP contribution is -2.54. The fourth-order valence-electron chi connectivity index (χ4n) is 4.71. The fraction of sp³-hybridized carbons (Fsp3) is 0.481. The average molecular weight is 585 g/mol. The smallest absolute Gasteiger partial charge is 0.244 e. The molecule has 0 spiro atoms. The van der Waals surface area contributed by atoms with Gasteiger partial charge in [0, 0.05) is 17.6 Å². The number of hydrogen-bond donors (Lipinski definition) is 1. The molecule has 3 rings (SSSR count). The molecule has 2 aromatic carbocycles. The van der Waals surface area contributed by atoms with E-state index in [1.807, 2.05) is 13.0 Å². The number of halogens is 2. The van der Waals surface area contributed by atoms with Crippen LogP contribution in [0.5, 0.6) is 5.75 Å². The molecule has 1 aliphatic carbocycles. The Morgan fingerprint density at radius 2 is 1.82 bits per heavy atom. The van der Waals surface area contributed by atoms with Gasteiger partial charge in [-0.3, -0.25) is 13.9 Å². The van der Waals surface area contributed by atoms with E-state index in [-0.39, 0.29) is 29.2 Å². The first-order valence-corrected chi connectivity index (χ1v) is 15.3.